The van der Waals surface area contributed by atoms with Gasteiger partial charge in [0.05, 0.1) is 6.04 Å². The monoisotopic (exact) mass is 272 g/mol. The highest BCUT2D eigenvalue weighted by Crippen LogP contribution is 2.15. The lowest BCUT2D eigenvalue weighted by atomic mass is 10.2. The number of hydrogen-bond donors (Lipinski definition) is 2. The molecule has 0 spiro atoms. The molecule has 1 atom stereocenters. The van der Waals surface area contributed by atoms with Crippen LogP contribution in [-0.4, -0.2) is 35.8 Å². The van der Waals surface area contributed by atoms with Crippen molar-refractivity contribution in [3.63, 3.8) is 0 Å². The van der Waals surface area contributed by atoms with Gasteiger partial charge in [0.2, 0.25) is 0 Å². The van der Waals surface area contributed by atoms with E-state index in [-0.39, 0.29) is 6.04 Å². The van der Waals surface area contributed by atoms with Gasteiger partial charge >= 0.3 is 0 Å². The molecule has 18 heavy (non-hydrogen) atoms. The van der Waals surface area contributed by atoms with Gasteiger partial charge in [-0.25, -0.2) is 4.98 Å². The van der Waals surface area contributed by atoms with E-state index in [0.717, 1.165) is 25.0 Å². The van der Waals surface area contributed by atoms with Crippen LogP contribution in [0.1, 0.15) is 43.7 Å². The van der Waals surface area contributed by atoms with Crippen molar-refractivity contribution in [1.82, 2.24) is 19.0 Å². The second-order valence-electron chi connectivity index (χ2n) is 4.76. The van der Waals surface area contributed by atoms with Gasteiger partial charge in [0.25, 0.3) is 10.2 Å². The lowest BCUT2D eigenvalue weighted by molar-refractivity contribution is 0.339. The average molecular weight is 272 g/mol. The van der Waals surface area contributed by atoms with Crippen molar-refractivity contribution < 1.29 is 8.42 Å². The number of hydrogen-bond acceptors (Lipinski definition) is 3. The number of H-pyrrole nitrogens is 1. The fourth-order valence-corrected chi connectivity index (χ4v) is 3.56. The topological polar surface area (TPSA) is 78.1 Å². The molecule has 0 aliphatic carbocycles. The van der Waals surface area contributed by atoms with Gasteiger partial charge in [0.15, 0.2) is 0 Å². The number of piperidine rings is 1. The summed E-state index contributed by atoms with van der Waals surface area (Å²) in [4.78, 5) is 7.19. The first-order valence-electron chi connectivity index (χ1n) is 6.28. The highest BCUT2D eigenvalue weighted by Gasteiger charge is 2.26. The summed E-state index contributed by atoms with van der Waals surface area (Å²) < 4.78 is 28.5. The van der Waals surface area contributed by atoms with Crippen LogP contribution in [0.15, 0.2) is 6.20 Å². The summed E-state index contributed by atoms with van der Waals surface area (Å²) in [5, 5.41) is 0. The highest BCUT2D eigenvalue weighted by molar-refractivity contribution is 7.87. The largest absolute Gasteiger partial charge is 0.345 e. The van der Waals surface area contributed by atoms with Crippen molar-refractivity contribution in [2.45, 2.75) is 39.2 Å². The molecular formula is C11H20N4O2S. The third kappa shape index (κ3) is 3.09. The van der Waals surface area contributed by atoms with E-state index < -0.39 is 10.2 Å². The van der Waals surface area contributed by atoms with Crippen LogP contribution >= 0.6 is 0 Å². The Morgan fingerprint density at radius 3 is 2.61 bits per heavy atom. The number of rotatable bonds is 4. The number of aromatic amines is 1. The summed E-state index contributed by atoms with van der Waals surface area (Å²) in [6.07, 6.45) is 4.68. The van der Waals surface area contributed by atoms with Crippen LogP contribution in [0, 0.1) is 6.92 Å². The summed E-state index contributed by atoms with van der Waals surface area (Å²) in [5.41, 5.74) is 0.925. The average Bonchev–Trinajstić information content (AvgIpc) is 2.77. The fraction of sp³-hybridized carbons (Fsp3) is 0.727. The van der Waals surface area contributed by atoms with Crippen LogP contribution in [0.2, 0.25) is 0 Å². The molecule has 1 saturated heterocycles. The number of aromatic nitrogens is 2. The second-order valence-corrected chi connectivity index (χ2v) is 6.46. The second kappa shape index (κ2) is 5.38. The molecule has 7 heteroatoms. The molecule has 2 heterocycles. The molecule has 0 amide bonds. The van der Waals surface area contributed by atoms with Gasteiger partial charge in [-0.1, -0.05) is 6.42 Å². The Kier molecular flexibility index (Phi) is 4.04. The molecule has 0 saturated carbocycles. The summed E-state index contributed by atoms with van der Waals surface area (Å²) in [6.45, 7) is 4.90. The Morgan fingerprint density at radius 2 is 2.06 bits per heavy atom. The molecule has 1 fully saturated rings. The Balaban J connectivity index is 2.03. The summed E-state index contributed by atoms with van der Waals surface area (Å²) in [6, 6.07) is -0.342. The summed E-state index contributed by atoms with van der Waals surface area (Å²) in [5.74, 6) is 0.646. The van der Waals surface area contributed by atoms with Gasteiger partial charge in [0, 0.05) is 25.0 Å². The van der Waals surface area contributed by atoms with Crippen molar-refractivity contribution in [2.75, 3.05) is 13.1 Å². The predicted molar refractivity (Wildman–Crippen MR) is 69.2 cm³/mol. The normalized spacial score (nSPS) is 19.9. The van der Waals surface area contributed by atoms with Crippen molar-refractivity contribution in [3.05, 3.63) is 17.7 Å². The van der Waals surface area contributed by atoms with Gasteiger partial charge in [0.1, 0.15) is 5.82 Å². The fourth-order valence-electron chi connectivity index (χ4n) is 2.11. The van der Waals surface area contributed by atoms with Crippen molar-refractivity contribution in [2.24, 2.45) is 0 Å². The van der Waals surface area contributed by atoms with E-state index in [2.05, 4.69) is 14.7 Å². The van der Waals surface area contributed by atoms with Crippen LogP contribution in [0.25, 0.3) is 0 Å². The molecule has 0 bridgehead atoms. The van der Waals surface area contributed by atoms with E-state index in [1.54, 1.807) is 13.1 Å². The first-order chi connectivity index (χ1) is 8.49. The predicted octanol–water partition coefficient (Wildman–Crippen LogP) is 1.10. The smallest absolute Gasteiger partial charge is 0.280 e. The molecule has 102 valence electrons. The molecule has 1 aliphatic rings. The summed E-state index contributed by atoms with van der Waals surface area (Å²) in [7, 11) is -3.40. The van der Waals surface area contributed by atoms with Crippen LogP contribution in [0.5, 0.6) is 0 Å². The Bertz CT molecular complexity index is 491. The third-order valence-corrected chi connectivity index (χ3v) is 4.81. The summed E-state index contributed by atoms with van der Waals surface area (Å²) >= 11 is 0. The number of nitrogens with one attached hydrogen (secondary N) is 2. The SMILES string of the molecule is Cc1cnc(C(C)NS(=O)(=O)N2CCCCC2)[nH]1. The van der Waals surface area contributed by atoms with Gasteiger partial charge < -0.3 is 4.98 Å². The zero-order chi connectivity index (χ0) is 13.2. The minimum absolute atomic E-state index is 0.342. The highest BCUT2D eigenvalue weighted by atomic mass is 32.2. The molecule has 2 rings (SSSR count). The first-order valence-corrected chi connectivity index (χ1v) is 7.72. The molecule has 6 nitrogen and oxygen atoms in total. The van der Waals surface area contributed by atoms with E-state index in [0.29, 0.717) is 18.9 Å². The number of imidazole rings is 1. The zero-order valence-electron chi connectivity index (χ0n) is 10.8. The quantitative estimate of drug-likeness (QED) is 0.861. The maximum absolute atomic E-state index is 12.1. The number of aryl methyl sites for hydroxylation is 1. The molecule has 1 aromatic heterocycles. The Morgan fingerprint density at radius 1 is 1.39 bits per heavy atom. The lowest BCUT2D eigenvalue weighted by Gasteiger charge is -2.27. The van der Waals surface area contributed by atoms with Crippen molar-refractivity contribution in [3.8, 4) is 0 Å². The van der Waals surface area contributed by atoms with E-state index in [9.17, 15) is 8.42 Å². The molecule has 2 N–H and O–H groups in total. The third-order valence-electron chi connectivity index (χ3n) is 3.11. The zero-order valence-corrected chi connectivity index (χ0v) is 11.6. The molecular weight excluding hydrogens is 252 g/mol. The van der Waals surface area contributed by atoms with Crippen LogP contribution < -0.4 is 4.72 Å². The molecule has 1 aromatic rings. The van der Waals surface area contributed by atoms with Gasteiger partial charge in [-0.05, 0) is 26.7 Å². The lowest BCUT2D eigenvalue weighted by Crippen LogP contribution is -2.44. The molecule has 1 aliphatic heterocycles. The minimum atomic E-state index is -3.40. The van der Waals surface area contributed by atoms with E-state index in [4.69, 9.17) is 0 Å². The van der Waals surface area contributed by atoms with E-state index >= 15 is 0 Å². The van der Waals surface area contributed by atoms with E-state index in [1.165, 1.54) is 4.31 Å². The van der Waals surface area contributed by atoms with Crippen LogP contribution in [0.3, 0.4) is 0 Å². The first kappa shape index (κ1) is 13.5. The van der Waals surface area contributed by atoms with Crippen LogP contribution in [0.4, 0.5) is 0 Å². The number of nitrogens with zero attached hydrogens (tertiary/aromatic N) is 2. The Labute approximate surface area is 108 Å². The van der Waals surface area contributed by atoms with Crippen LogP contribution in [-0.2, 0) is 10.2 Å². The Hall–Kier alpha value is -0.920. The van der Waals surface area contributed by atoms with Gasteiger partial charge in [-0.15, -0.1) is 0 Å². The van der Waals surface area contributed by atoms with Crippen molar-refractivity contribution in [1.29, 1.82) is 0 Å². The molecule has 0 aromatic carbocycles. The molecule has 1 unspecified atom stereocenters. The maximum atomic E-state index is 12.1. The van der Waals surface area contributed by atoms with Gasteiger partial charge in [-0.3, -0.25) is 0 Å². The van der Waals surface area contributed by atoms with E-state index in [1.807, 2.05) is 6.92 Å². The molecule has 0 radical (unpaired) electrons. The van der Waals surface area contributed by atoms with Crippen molar-refractivity contribution >= 4 is 10.2 Å². The minimum Gasteiger partial charge on any atom is -0.345 e. The maximum Gasteiger partial charge on any atom is 0.280 e. The van der Waals surface area contributed by atoms with Gasteiger partial charge in [-0.2, -0.15) is 17.4 Å². The standard InChI is InChI=1S/C11H20N4O2S/c1-9-8-12-11(13-9)10(2)14-18(16,17)15-6-4-3-5-7-15/h8,10,14H,3-7H2,1-2H3,(H,12,13).